The molecule has 2 N–H and O–H groups in total. The normalized spacial score (nSPS) is 18.1. The van der Waals surface area contributed by atoms with Crippen molar-refractivity contribution in [2.75, 3.05) is 33.2 Å². The van der Waals surface area contributed by atoms with Crippen molar-refractivity contribution in [2.24, 2.45) is 5.92 Å². The van der Waals surface area contributed by atoms with Gasteiger partial charge in [-0.3, -0.25) is 9.69 Å². The van der Waals surface area contributed by atoms with Crippen molar-refractivity contribution in [3.8, 4) is 0 Å². The minimum absolute atomic E-state index is 0.0712. The number of carbonyl (C=O) groups excluding carboxylic acids is 1. The third-order valence-corrected chi connectivity index (χ3v) is 4.55. The van der Waals surface area contributed by atoms with Crippen LogP contribution in [0.5, 0.6) is 0 Å². The first kappa shape index (κ1) is 17.0. The van der Waals surface area contributed by atoms with E-state index in [1.807, 2.05) is 32.2 Å². The summed E-state index contributed by atoms with van der Waals surface area (Å²) in [6.07, 6.45) is 3.67. The molecule has 1 fully saturated rings. The number of benzene rings is 1. The highest BCUT2D eigenvalue weighted by molar-refractivity contribution is 5.78. The van der Waals surface area contributed by atoms with Crippen molar-refractivity contribution in [1.82, 2.24) is 15.5 Å². The molecule has 1 heterocycles. The Morgan fingerprint density at radius 1 is 1.27 bits per heavy atom. The summed E-state index contributed by atoms with van der Waals surface area (Å²) in [6, 6.07) is 10.2. The first-order chi connectivity index (χ1) is 10.7. The third-order valence-electron chi connectivity index (χ3n) is 4.55. The van der Waals surface area contributed by atoms with E-state index >= 15 is 0 Å². The summed E-state index contributed by atoms with van der Waals surface area (Å²) in [5.74, 6) is 0.944. The second-order valence-electron chi connectivity index (χ2n) is 6.31. The molecule has 122 valence electrons. The number of hydrogen-bond acceptors (Lipinski definition) is 3. The van der Waals surface area contributed by atoms with Gasteiger partial charge in [-0.15, -0.1) is 0 Å². The van der Waals surface area contributed by atoms with Gasteiger partial charge in [0.15, 0.2) is 0 Å². The zero-order valence-electron chi connectivity index (χ0n) is 13.8. The second-order valence-corrected chi connectivity index (χ2v) is 6.31. The molecule has 0 saturated carbocycles. The van der Waals surface area contributed by atoms with E-state index in [1.165, 1.54) is 19.3 Å². The summed E-state index contributed by atoms with van der Waals surface area (Å²) in [4.78, 5) is 14.5. The molecule has 1 aliphatic rings. The lowest BCUT2D eigenvalue weighted by molar-refractivity contribution is -0.123. The minimum Gasteiger partial charge on any atom is -0.348 e. The van der Waals surface area contributed by atoms with Gasteiger partial charge in [0.05, 0.1) is 12.6 Å². The number of nitrogens with zero attached hydrogens (tertiary/aromatic N) is 1. The lowest BCUT2D eigenvalue weighted by atomic mass is 9.93. The molecule has 2 rings (SSSR count). The molecule has 1 amide bonds. The first-order valence-corrected chi connectivity index (χ1v) is 8.40. The summed E-state index contributed by atoms with van der Waals surface area (Å²) in [5, 5.41) is 6.32. The molecular formula is C18H29N3O. The number of rotatable bonds is 7. The van der Waals surface area contributed by atoms with Crippen LogP contribution in [-0.4, -0.2) is 44.0 Å². The molecule has 1 atom stereocenters. The van der Waals surface area contributed by atoms with Gasteiger partial charge in [-0.2, -0.15) is 0 Å². The fraction of sp³-hybridized carbons (Fsp3) is 0.611. The number of likely N-dealkylation sites (tertiary alicyclic amines) is 1. The predicted molar refractivity (Wildman–Crippen MR) is 90.7 cm³/mol. The number of piperidine rings is 1. The summed E-state index contributed by atoms with van der Waals surface area (Å²) >= 11 is 0. The third kappa shape index (κ3) is 5.43. The van der Waals surface area contributed by atoms with E-state index < -0.39 is 0 Å². The highest BCUT2D eigenvalue weighted by Gasteiger charge is 2.21. The van der Waals surface area contributed by atoms with Gasteiger partial charge in [0.25, 0.3) is 0 Å². The van der Waals surface area contributed by atoms with Gasteiger partial charge in [-0.1, -0.05) is 30.3 Å². The van der Waals surface area contributed by atoms with E-state index in [9.17, 15) is 4.79 Å². The van der Waals surface area contributed by atoms with Crippen LogP contribution in [0.2, 0.25) is 0 Å². The fourth-order valence-corrected chi connectivity index (χ4v) is 3.10. The highest BCUT2D eigenvalue weighted by atomic mass is 16.2. The Morgan fingerprint density at radius 3 is 2.59 bits per heavy atom. The van der Waals surface area contributed by atoms with E-state index in [0.717, 1.165) is 31.1 Å². The maximum Gasteiger partial charge on any atom is 0.234 e. The van der Waals surface area contributed by atoms with E-state index in [-0.39, 0.29) is 11.9 Å². The van der Waals surface area contributed by atoms with Gasteiger partial charge in [0.1, 0.15) is 0 Å². The molecule has 0 aliphatic carbocycles. The highest BCUT2D eigenvalue weighted by Crippen LogP contribution is 2.19. The number of carbonyl (C=O) groups is 1. The van der Waals surface area contributed by atoms with Gasteiger partial charge in [0, 0.05) is 0 Å². The smallest absolute Gasteiger partial charge is 0.234 e. The molecule has 1 unspecified atom stereocenters. The molecule has 1 saturated heterocycles. The quantitative estimate of drug-likeness (QED) is 0.811. The molecule has 4 heteroatoms. The Kier molecular flexibility index (Phi) is 6.87. The van der Waals surface area contributed by atoms with Gasteiger partial charge >= 0.3 is 0 Å². The predicted octanol–water partition coefficient (Wildman–Crippen LogP) is 2.19. The lowest BCUT2D eigenvalue weighted by Gasteiger charge is -2.31. The molecule has 0 spiro atoms. The summed E-state index contributed by atoms with van der Waals surface area (Å²) in [7, 11) is 2.01. The first-order valence-electron chi connectivity index (χ1n) is 8.40. The van der Waals surface area contributed by atoms with Crippen LogP contribution in [0, 0.1) is 5.92 Å². The second kappa shape index (κ2) is 8.91. The zero-order chi connectivity index (χ0) is 15.8. The molecule has 22 heavy (non-hydrogen) atoms. The van der Waals surface area contributed by atoms with Crippen LogP contribution in [0.25, 0.3) is 0 Å². The fourth-order valence-electron chi connectivity index (χ4n) is 3.10. The summed E-state index contributed by atoms with van der Waals surface area (Å²) < 4.78 is 0. The largest absolute Gasteiger partial charge is 0.348 e. The maximum atomic E-state index is 12.2. The monoisotopic (exact) mass is 303 g/mol. The van der Waals surface area contributed by atoms with E-state index in [0.29, 0.717) is 6.54 Å². The number of hydrogen-bond donors (Lipinski definition) is 2. The van der Waals surface area contributed by atoms with Crippen LogP contribution >= 0.6 is 0 Å². The molecule has 0 bridgehead atoms. The van der Waals surface area contributed by atoms with Crippen molar-refractivity contribution in [2.45, 2.75) is 32.2 Å². The van der Waals surface area contributed by atoms with Gasteiger partial charge < -0.3 is 10.6 Å². The van der Waals surface area contributed by atoms with Crippen molar-refractivity contribution in [1.29, 1.82) is 0 Å². The van der Waals surface area contributed by atoms with E-state index in [2.05, 4.69) is 27.7 Å². The standard InChI is InChI=1S/C18H29N3O/c1-15(17-6-4-3-5-7-17)20-18(22)14-21-12-9-16(10-13-21)8-11-19-2/h3-7,15-16,19H,8-14H2,1-2H3,(H,20,22). The van der Waals surface area contributed by atoms with Crippen LogP contribution in [0.4, 0.5) is 0 Å². The molecule has 1 aromatic rings. The van der Waals surface area contributed by atoms with Gasteiger partial charge in [-0.05, 0) is 64.3 Å². The Labute approximate surface area is 134 Å². The molecule has 0 radical (unpaired) electrons. The molecule has 4 nitrogen and oxygen atoms in total. The molecule has 0 aromatic heterocycles. The average Bonchev–Trinajstić information content (AvgIpc) is 2.55. The Bertz CT molecular complexity index is 441. The molecule has 1 aromatic carbocycles. The van der Waals surface area contributed by atoms with Crippen molar-refractivity contribution in [3.05, 3.63) is 35.9 Å². The Hall–Kier alpha value is -1.39. The summed E-state index contributed by atoms with van der Waals surface area (Å²) in [5.41, 5.74) is 1.15. The lowest BCUT2D eigenvalue weighted by Crippen LogP contribution is -2.42. The number of amides is 1. The SMILES string of the molecule is CNCCC1CCN(CC(=O)NC(C)c2ccccc2)CC1. The van der Waals surface area contributed by atoms with Crippen LogP contribution in [-0.2, 0) is 4.79 Å². The van der Waals surface area contributed by atoms with Crippen molar-refractivity contribution < 1.29 is 4.79 Å². The van der Waals surface area contributed by atoms with Crippen molar-refractivity contribution in [3.63, 3.8) is 0 Å². The Morgan fingerprint density at radius 2 is 1.95 bits per heavy atom. The summed E-state index contributed by atoms with van der Waals surface area (Å²) in [6.45, 7) is 5.75. The van der Waals surface area contributed by atoms with Crippen LogP contribution in [0.15, 0.2) is 30.3 Å². The topological polar surface area (TPSA) is 44.4 Å². The van der Waals surface area contributed by atoms with Gasteiger partial charge in [-0.25, -0.2) is 0 Å². The minimum atomic E-state index is 0.0712. The molecular weight excluding hydrogens is 274 g/mol. The van der Waals surface area contributed by atoms with Crippen LogP contribution in [0.1, 0.15) is 37.8 Å². The van der Waals surface area contributed by atoms with Gasteiger partial charge in [0.2, 0.25) is 5.91 Å². The van der Waals surface area contributed by atoms with E-state index in [1.54, 1.807) is 0 Å². The van der Waals surface area contributed by atoms with E-state index in [4.69, 9.17) is 0 Å². The van der Waals surface area contributed by atoms with Crippen molar-refractivity contribution >= 4 is 5.91 Å². The number of nitrogens with one attached hydrogen (secondary N) is 2. The maximum absolute atomic E-state index is 12.2. The molecule has 1 aliphatic heterocycles. The van der Waals surface area contributed by atoms with Crippen LogP contribution in [0.3, 0.4) is 0 Å². The average molecular weight is 303 g/mol. The Balaban J connectivity index is 1.70. The zero-order valence-corrected chi connectivity index (χ0v) is 13.8. The van der Waals surface area contributed by atoms with Crippen LogP contribution < -0.4 is 10.6 Å².